The number of hydrogen-bond acceptors (Lipinski definition) is 7. The SMILES string of the molecule is COC(=O)C1(NC(=O)C(C)(C)NC(=O)C(C)(C)NC(=O)CNC(=O)OCc2ccccc2)CC1. The molecule has 2 rings (SSSR count). The molecule has 11 heteroatoms. The van der Waals surface area contributed by atoms with Crippen LogP contribution < -0.4 is 21.3 Å². The summed E-state index contributed by atoms with van der Waals surface area (Å²) in [7, 11) is 1.24. The van der Waals surface area contributed by atoms with E-state index < -0.39 is 52.9 Å². The zero-order valence-corrected chi connectivity index (χ0v) is 20.1. The van der Waals surface area contributed by atoms with Gasteiger partial charge in [0.2, 0.25) is 17.7 Å². The summed E-state index contributed by atoms with van der Waals surface area (Å²) in [6, 6.07) is 9.05. The van der Waals surface area contributed by atoms with Gasteiger partial charge < -0.3 is 30.7 Å². The zero-order valence-electron chi connectivity index (χ0n) is 20.1. The molecule has 0 atom stereocenters. The number of amides is 4. The summed E-state index contributed by atoms with van der Waals surface area (Å²) in [5.41, 5.74) is -3.03. The fourth-order valence-electron chi connectivity index (χ4n) is 2.95. The first-order valence-electron chi connectivity index (χ1n) is 10.8. The van der Waals surface area contributed by atoms with Crippen LogP contribution in [0.4, 0.5) is 4.79 Å². The van der Waals surface area contributed by atoms with E-state index in [1.54, 1.807) is 12.1 Å². The summed E-state index contributed by atoms with van der Waals surface area (Å²) in [5, 5.41) is 10.0. The maximum atomic E-state index is 12.8. The number of carbonyl (C=O) groups is 5. The van der Waals surface area contributed by atoms with Crippen LogP contribution in [0.1, 0.15) is 46.1 Å². The summed E-state index contributed by atoms with van der Waals surface area (Å²) >= 11 is 0. The number of nitrogens with one attached hydrogen (secondary N) is 4. The molecule has 1 aliphatic rings. The summed E-state index contributed by atoms with van der Waals surface area (Å²) in [6.45, 7) is 5.52. The minimum Gasteiger partial charge on any atom is -0.467 e. The van der Waals surface area contributed by atoms with Gasteiger partial charge in [-0.25, -0.2) is 9.59 Å². The van der Waals surface area contributed by atoms with Crippen LogP contribution in [0.3, 0.4) is 0 Å². The number of carbonyl (C=O) groups excluding carboxylic acids is 5. The maximum Gasteiger partial charge on any atom is 0.407 e. The van der Waals surface area contributed by atoms with Crippen LogP contribution in [0.5, 0.6) is 0 Å². The standard InChI is InChI=1S/C23H32N4O7/c1-21(2,25-16(28)13-24-20(32)34-14-15-9-7-6-8-10-15)17(29)26-22(3,4)18(30)27-23(11-12-23)19(31)33-5/h6-10H,11-14H2,1-5H3,(H,24,32)(H,25,28)(H,26,29)(H,27,30). The molecule has 0 radical (unpaired) electrons. The average molecular weight is 477 g/mol. The van der Waals surface area contributed by atoms with Crippen molar-refractivity contribution in [1.82, 2.24) is 21.3 Å². The van der Waals surface area contributed by atoms with Gasteiger partial charge in [0.15, 0.2) is 0 Å². The molecule has 0 heterocycles. The van der Waals surface area contributed by atoms with Crippen molar-refractivity contribution in [1.29, 1.82) is 0 Å². The van der Waals surface area contributed by atoms with Crippen LogP contribution in [-0.2, 0) is 35.3 Å². The van der Waals surface area contributed by atoms with Gasteiger partial charge in [0.1, 0.15) is 29.8 Å². The number of ether oxygens (including phenoxy) is 2. The summed E-state index contributed by atoms with van der Waals surface area (Å²) in [4.78, 5) is 61.4. The number of methoxy groups -OCH3 is 1. The fourth-order valence-corrected chi connectivity index (χ4v) is 2.95. The average Bonchev–Trinajstić information content (AvgIpc) is 3.56. The lowest BCUT2D eigenvalue weighted by Crippen LogP contribution is -2.64. The van der Waals surface area contributed by atoms with E-state index in [0.717, 1.165) is 5.56 Å². The van der Waals surface area contributed by atoms with Crippen LogP contribution in [-0.4, -0.2) is 60.1 Å². The Bertz CT molecular complexity index is 940. The van der Waals surface area contributed by atoms with Crippen molar-refractivity contribution >= 4 is 29.8 Å². The summed E-state index contributed by atoms with van der Waals surface area (Å²) in [6.07, 6.45) is 0.133. The molecule has 1 saturated carbocycles. The van der Waals surface area contributed by atoms with Gasteiger partial charge >= 0.3 is 12.1 Å². The van der Waals surface area contributed by atoms with Crippen LogP contribution in [0.15, 0.2) is 30.3 Å². The number of rotatable bonds is 10. The molecule has 4 N–H and O–H groups in total. The largest absolute Gasteiger partial charge is 0.467 e. The van der Waals surface area contributed by atoms with E-state index in [4.69, 9.17) is 9.47 Å². The Hall–Kier alpha value is -3.63. The van der Waals surface area contributed by atoms with Crippen LogP contribution in [0.2, 0.25) is 0 Å². The third kappa shape index (κ3) is 7.19. The third-order valence-corrected chi connectivity index (χ3v) is 5.30. The second-order valence-electron chi connectivity index (χ2n) is 9.20. The first-order valence-corrected chi connectivity index (χ1v) is 10.8. The summed E-state index contributed by atoms with van der Waals surface area (Å²) < 4.78 is 9.75. The zero-order chi connectivity index (χ0) is 25.6. The Balaban J connectivity index is 1.81. The smallest absolute Gasteiger partial charge is 0.407 e. The summed E-state index contributed by atoms with van der Waals surface area (Å²) in [5.74, 6) is -2.35. The number of esters is 1. The number of benzene rings is 1. The highest BCUT2D eigenvalue weighted by Crippen LogP contribution is 2.37. The molecule has 0 spiro atoms. The highest BCUT2D eigenvalue weighted by atomic mass is 16.5. The predicted octanol–water partition coefficient (Wildman–Crippen LogP) is 0.524. The molecule has 1 aromatic rings. The number of hydrogen-bond donors (Lipinski definition) is 4. The molecule has 0 saturated heterocycles. The van der Waals surface area contributed by atoms with E-state index in [1.165, 1.54) is 34.8 Å². The molecule has 0 unspecified atom stereocenters. The lowest BCUT2D eigenvalue weighted by molar-refractivity contribution is -0.147. The minimum absolute atomic E-state index is 0.0522. The van der Waals surface area contributed by atoms with Crippen molar-refractivity contribution in [3.8, 4) is 0 Å². The first kappa shape index (κ1) is 26.6. The lowest BCUT2D eigenvalue weighted by atomic mass is 9.98. The maximum absolute atomic E-state index is 12.8. The molecule has 0 aliphatic heterocycles. The molecule has 34 heavy (non-hydrogen) atoms. The molecule has 1 fully saturated rings. The van der Waals surface area contributed by atoms with Crippen molar-refractivity contribution in [3.63, 3.8) is 0 Å². The lowest BCUT2D eigenvalue weighted by Gasteiger charge is -2.32. The van der Waals surface area contributed by atoms with Crippen molar-refractivity contribution in [2.24, 2.45) is 0 Å². The molecular weight excluding hydrogens is 444 g/mol. The molecule has 0 bridgehead atoms. The van der Waals surface area contributed by atoms with Gasteiger partial charge in [-0.05, 0) is 46.1 Å². The topological polar surface area (TPSA) is 152 Å². The van der Waals surface area contributed by atoms with Crippen molar-refractivity contribution in [3.05, 3.63) is 35.9 Å². The third-order valence-electron chi connectivity index (χ3n) is 5.30. The van der Waals surface area contributed by atoms with E-state index in [0.29, 0.717) is 12.8 Å². The second-order valence-corrected chi connectivity index (χ2v) is 9.20. The first-order chi connectivity index (χ1) is 15.8. The van der Waals surface area contributed by atoms with Crippen LogP contribution in [0, 0.1) is 0 Å². The minimum atomic E-state index is -1.40. The quantitative estimate of drug-likeness (QED) is 0.359. The van der Waals surface area contributed by atoms with E-state index in [1.807, 2.05) is 18.2 Å². The van der Waals surface area contributed by atoms with Gasteiger partial charge in [-0.1, -0.05) is 30.3 Å². The monoisotopic (exact) mass is 476 g/mol. The molecule has 1 aliphatic carbocycles. The highest BCUT2D eigenvalue weighted by Gasteiger charge is 2.54. The van der Waals surface area contributed by atoms with Crippen molar-refractivity contribution in [2.45, 2.75) is 63.8 Å². The Morgan fingerprint density at radius 3 is 2.06 bits per heavy atom. The van der Waals surface area contributed by atoms with E-state index in [-0.39, 0.29) is 6.61 Å². The Morgan fingerprint density at radius 2 is 1.50 bits per heavy atom. The molecule has 0 aromatic heterocycles. The normalized spacial score (nSPS) is 14.3. The van der Waals surface area contributed by atoms with E-state index >= 15 is 0 Å². The molecule has 186 valence electrons. The molecule has 4 amide bonds. The Kier molecular flexibility index (Phi) is 8.25. The molecule has 1 aromatic carbocycles. The van der Waals surface area contributed by atoms with E-state index in [2.05, 4.69) is 21.3 Å². The van der Waals surface area contributed by atoms with Crippen LogP contribution >= 0.6 is 0 Å². The van der Waals surface area contributed by atoms with Gasteiger partial charge in [0.05, 0.1) is 7.11 Å². The Morgan fingerprint density at radius 1 is 0.912 bits per heavy atom. The van der Waals surface area contributed by atoms with Gasteiger partial charge in [-0.15, -0.1) is 0 Å². The van der Waals surface area contributed by atoms with Gasteiger partial charge in [0.25, 0.3) is 0 Å². The van der Waals surface area contributed by atoms with Gasteiger partial charge in [-0.2, -0.15) is 0 Å². The molecular formula is C23H32N4O7. The van der Waals surface area contributed by atoms with Crippen LogP contribution in [0.25, 0.3) is 0 Å². The predicted molar refractivity (Wildman–Crippen MR) is 121 cm³/mol. The Labute approximate surface area is 198 Å². The van der Waals surface area contributed by atoms with E-state index in [9.17, 15) is 24.0 Å². The van der Waals surface area contributed by atoms with Crippen molar-refractivity contribution < 1.29 is 33.4 Å². The highest BCUT2D eigenvalue weighted by molar-refractivity contribution is 5.98. The molecule has 11 nitrogen and oxygen atoms in total. The number of alkyl carbamates (subject to hydrolysis) is 1. The second kappa shape index (κ2) is 10.5. The fraction of sp³-hybridized carbons (Fsp3) is 0.522. The van der Waals surface area contributed by atoms with Gasteiger partial charge in [-0.3, -0.25) is 14.4 Å². The van der Waals surface area contributed by atoms with Crippen molar-refractivity contribution in [2.75, 3.05) is 13.7 Å². The van der Waals surface area contributed by atoms with Gasteiger partial charge in [0, 0.05) is 0 Å².